The molecule has 0 radical (unpaired) electrons. The second-order valence-electron chi connectivity index (χ2n) is 5.70. The highest BCUT2D eigenvalue weighted by Crippen LogP contribution is 2.44. The van der Waals surface area contributed by atoms with Crippen LogP contribution >= 0.6 is 15.9 Å². The summed E-state index contributed by atoms with van der Waals surface area (Å²) >= 11 is 3.37. The molecule has 1 aromatic rings. The monoisotopic (exact) mass is 325 g/mol. The molecule has 0 spiro atoms. The third-order valence-electron chi connectivity index (χ3n) is 3.46. The van der Waals surface area contributed by atoms with Crippen LogP contribution in [0.5, 0.6) is 0 Å². The number of aromatic nitrogens is 1. The minimum absolute atomic E-state index is 0.0528. The van der Waals surface area contributed by atoms with E-state index in [1.54, 1.807) is 6.20 Å². The maximum atomic E-state index is 12.3. The zero-order valence-corrected chi connectivity index (χ0v) is 13.2. The molecule has 1 aliphatic rings. The third kappa shape index (κ3) is 3.47. The third-order valence-corrected chi connectivity index (χ3v) is 3.89. The SMILES string of the molecule is CCCNc1ncc(Br)cc1C(=O)NC1CC1(C)C. The van der Waals surface area contributed by atoms with Crippen LogP contribution < -0.4 is 10.6 Å². The number of hydrogen-bond donors (Lipinski definition) is 2. The van der Waals surface area contributed by atoms with Crippen LogP contribution in [0.4, 0.5) is 5.82 Å². The van der Waals surface area contributed by atoms with Crippen molar-refractivity contribution in [1.82, 2.24) is 10.3 Å². The largest absolute Gasteiger partial charge is 0.369 e. The van der Waals surface area contributed by atoms with Crippen LogP contribution in [-0.4, -0.2) is 23.5 Å². The number of hydrogen-bond acceptors (Lipinski definition) is 3. The van der Waals surface area contributed by atoms with Crippen LogP contribution in [0.15, 0.2) is 16.7 Å². The van der Waals surface area contributed by atoms with E-state index in [0.717, 1.165) is 23.9 Å². The van der Waals surface area contributed by atoms with Gasteiger partial charge < -0.3 is 10.6 Å². The lowest BCUT2D eigenvalue weighted by molar-refractivity contribution is 0.0947. The highest BCUT2D eigenvalue weighted by Gasteiger charge is 2.46. The van der Waals surface area contributed by atoms with Crippen molar-refractivity contribution in [3.8, 4) is 0 Å². The van der Waals surface area contributed by atoms with Crippen molar-refractivity contribution in [2.75, 3.05) is 11.9 Å². The molecule has 5 heteroatoms. The highest BCUT2D eigenvalue weighted by molar-refractivity contribution is 9.10. The van der Waals surface area contributed by atoms with Gasteiger partial charge in [-0.25, -0.2) is 4.98 Å². The fourth-order valence-electron chi connectivity index (χ4n) is 1.95. The first-order chi connectivity index (χ1) is 8.94. The fourth-order valence-corrected chi connectivity index (χ4v) is 2.28. The second kappa shape index (κ2) is 5.49. The van der Waals surface area contributed by atoms with Crippen molar-refractivity contribution in [3.05, 3.63) is 22.3 Å². The summed E-state index contributed by atoms with van der Waals surface area (Å²) < 4.78 is 0.815. The Morgan fingerprint density at radius 3 is 2.84 bits per heavy atom. The van der Waals surface area contributed by atoms with Gasteiger partial charge in [-0.15, -0.1) is 0 Å². The Kier molecular flexibility index (Phi) is 4.13. The van der Waals surface area contributed by atoms with Gasteiger partial charge in [0, 0.05) is 23.3 Å². The summed E-state index contributed by atoms with van der Waals surface area (Å²) in [5, 5.41) is 6.26. The van der Waals surface area contributed by atoms with Crippen molar-refractivity contribution in [3.63, 3.8) is 0 Å². The molecule has 19 heavy (non-hydrogen) atoms. The lowest BCUT2D eigenvalue weighted by Gasteiger charge is -2.12. The van der Waals surface area contributed by atoms with Crippen LogP contribution in [0.2, 0.25) is 0 Å². The number of halogens is 1. The standard InChI is InChI=1S/C14H20BrN3O/c1-4-5-16-12-10(6-9(15)8-17-12)13(19)18-11-7-14(11,2)3/h6,8,11H,4-5,7H2,1-3H3,(H,16,17)(H,18,19). The molecule has 1 saturated carbocycles. The molecule has 0 aliphatic heterocycles. The first-order valence-electron chi connectivity index (χ1n) is 6.64. The first kappa shape index (κ1) is 14.3. The molecule has 0 aromatic carbocycles. The summed E-state index contributed by atoms with van der Waals surface area (Å²) in [4.78, 5) is 16.6. The van der Waals surface area contributed by atoms with Crippen molar-refractivity contribution in [1.29, 1.82) is 0 Å². The van der Waals surface area contributed by atoms with Gasteiger partial charge in [-0.1, -0.05) is 20.8 Å². The lowest BCUT2D eigenvalue weighted by atomic mass is 10.2. The molecular weight excluding hydrogens is 306 g/mol. The predicted molar refractivity (Wildman–Crippen MR) is 80.4 cm³/mol. The summed E-state index contributed by atoms with van der Waals surface area (Å²) in [5.41, 5.74) is 0.831. The molecule has 1 unspecified atom stereocenters. The van der Waals surface area contributed by atoms with Gasteiger partial charge in [0.05, 0.1) is 5.56 Å². The van der Waals surface area contributed by atoms with Gasteiger partial charge in [0.1, 0.15) is 5.82 Å². The molecule has 1 atom stereocenters. The normalized spacial score (nSPS) is 19.9. The molecule has 1 aliphatic carbocycles. The number of anilines is 1. The predicted octanol–water partition coefficient (Wildman–Crippen LogP) is 3.19. The van der Waals surface area contributed by atoms with Crippen molar-refractivity contribution in [2.45, 2.75) is 39.7 Å². The van der Waals surface area contributed by atoms with Gasteiger partial charge >= 0.3 is 0 Å². The maximum absolute atomic E-state index is 12.3. The van der Waals surface area contributed by atoms with Crippen LogP contribution in [-0.2, 0) is 0 Å². The molecule has 1 amide bonds. The van der Waals surface area contributed by atoms with E-state index in [4.69, 9.17) is 0 Å². The van der Waals surface area contributed by atoms with Gasteiger partial charge in [0.25, 0.3) is 5.91 Å². The zero-order chi connectivity index (χ0) is 14.0. The first-order valence-corrected chi connectivity index (χ1v) is 7.43. The lowest BCUT2D eigenvalue weighted by Crippen LogP contribution is -2.29. The molecular formula is C14H20BrN3O. The summed E-state index contributed by atoms with van der Waals surface area (Å²) in [6.07, 6.45) is 3.74. The Bertz CT molecular complexity index is 488. The van der Waals surface area contributed by atoms with E-state index < -0.39 is 0 Å². The van der Waals surface area contributed by atoms with Gasteiger partial charge in [0.2, 0.25) is 0 Å². The molecule has 1 heterocycles. The summed E-state index contributed by atoms with van der Waals surface area (Å²) in [6, 6.07) is 2.09. The van der Waals surface area contributed by atoms with Gasteiger partial charge in [-0.3, -0.25) is 4.79 Å². The molecule has 104 valence electrons. The smallest absolute Gasteiger partial charge is 0.255 e. The second-order valence-corrected chi connectivity index (χ2v) is 6.61. The minimum Gasteiger partial charge on any atom is -0.369 e. The molecule has 2 rings (SSSR count). The minimum atomic E-state index is -0.0528. The molecule has 1 fully saturated rings. The van der Waals surface area contributed by atoms with E-state index >= 15 is 0 Å². The number of rotatable bonds is 5. The number of carbonyl (C=O) groups excluding carboxylic acids is 1. The van der Waals surface area contributed by atoms with E-state index in [9.17, 15) is 4.79 Å². The van der Waals surface area contributed by atoms with Crippen LogP contribution in [0.1, 0.15) is 44.0 Å². The van der Waals surface area contributed by atoms with E-state index in [-0.39, 0.29) is 17.4 Å². The summed E-state index contributed by atoms with van der Waals surface area (Å²) in [7, 11) is 0. The fraction of sp³-hybridized carbons (Fsp3) is 0.571. The van der Waals surface area contributed by atoms with Crippen LogP contribution in [0.25, 0.3) is 0 Å². The number of pyridine rings is 1. The topological polar surface area (TPSA) is 54.0 Å². The maximum Gasteiger partial charge on any atom is 0.255 e. The number of amides is 1. The Balaban J connectivity index is 2.12. The van der Waals surface area contributed by atoms with E-state index in [1.165, 1.54) is 0 Å². The number of carbonyl (C=O) groups is 1. The number of nitrogens with one attached hydrogen (secondary N) is 2. The van der Waals surface area contributed by atoms with Gasteiger partial charge in [0.15, 0.2) is 0 Å². The molecule has 2 N–H and O–H groups in total. The van der Waals surface area contributed by atoms with Crippen LogP contribution in [0.3, 0.4) is 0 Å². The Morgan fingerprint density at radius 2 is 2.26 bits per heavy atom. The van der Waals surface area contributed by atoms with E-state index in [1.807, 2.05) is 6.07 Å². The Hall–Kier alpha value is -1.10. The van der Waals surface area contributed by atoms with Crippen LogP contribution in [0, 0.1) is 5.41 Å². The Labute approximate surface area is 122 Å². The van der Waals surface area contributed by atoms with Gasteiger partial charge in [-0.2, -0.15) is 0 Å². The molecule has 0 saturated heterocycles. The van der Waals surface area contributed by atoms with Gasteiger partial charge in [-0.05, 0) is 40.3 Å². The zero-order valence-electron chi connectivity index (χ0n) is 11.6. The van der Waals surface area contributed by atoms with E-state index in [0.29, 0.717) is 11.4 Å². The Morgan fingerprint density at radius 1 is 1.58 bits per heavy atom. The molecule has 0 bridgehead atoms. The average molecular weight is 326 g/mol. The van der Waals surface area contributed by atoms with Crippen molar-refractivity contribution < 1.29 is 4.79 Å². The summed E-state index contributed by atoms with van der Waals surface area (Å²) in [6.45, 7) is 7.21. The average Bonchev–Trinajstić information content (AvgIpc) is 2.94. The van der Waals surface area contributed by atoms with Crippen molar-refractivity contribution >= 4 is 27.7 Å². The summed E-state index contributed by atoms with van der Waals surface area (Å²) in [5.74, 6) is 0.601. The number of nitrogens with zero attached hydrogens (tertiary/aromatic N) is 1. The van der Waals surface area contributed by atoms with Crippen molar-refractivity contribution in [2.24, 2.45) is 5.41 Å². The quantitative estimate of drug-likeness (QED) is 0.874. The molecule has 4 nitrogen and oxygen atoms in total. The van der Waals surface area contributed by atoms with E-state index in [2.05, 4.69) is 52.3 Å². The highest BCUT2D eigenvalue weighted by atomic mass is 79.9. The molecule has 1 aromatic heterocycles.